The molecule has 84 heavy (non-hydrogen) atoms. The first-order chi connectivity index (χ1) is 41.5. The van der Waals surface area contributed by atoms with E-state index in [0.717, 1.165) is 44.9 Å². The fourth-order valence-corrected chi connectivity index (χ4v) is 12.0. The van der Waals surface area contributed by atoms with E-state index in [2.05, 4.69) is 43.5 Å². The van der Waals surface area contributed by atoms with Gasteiger partial charge >= 0.3 is 5.97 Å². The van der Waals surface area contributed by atoms with Crippen molar-refractivity contribution in [3.05, 3.63) is 36.5 Å². The van der Waals surface area contributed by atoms with Crippen LogP contribution in [0, 0.1) is 0 Å². The minimum Gasteiger partial charge on any atom is -0.466 e. The lowest BCUT2D eigenvalue weighted by Crippen LogP contribution is -2.45. The van der Waals surface area contributed by atoms with Gasteiger partial charge in [-0.3, -0.25) is 9.59 Å². The molecule has 6 nitrogen and oxygen atoms in total. The van der Waals surface area contributed by atoms with Gasteiger partial charge in [-0.2, -0.15) is 0 Å². The Morgan fingerprint density at radius 1 is 0.321 bits per heavy atom. The van der Waals surface area contributed by atoms with Crippen molar-refractivity contribution in [3.63, 3.8) is 0 Å². The van der Waals surface area contributed by atoms with Gasteiger partial charge in [0.2, 0.25) is 5.91 Å². The number of unbranched alkanes of at least 4 members (excludes halogenated alkanes) is 57. The fourth-order valence-electron chi connectivity index (χ4n) is 12.0. The summed E-state index contributed by atoms with van der Waals surface area (Å²) in [5.41, 5.74) is 0. The van der Waals surface area contributed by atoms with E-state index in [0.29, 0.717) is 19.4 Å². The van der Waals surface area contributed by atoms with Crippen molar-refractivity contribution >= 4 is 11.9 Å². The number of esters is 1. The van der Waals surface area contributed by atoms with Crippen molar-refractivity contribution in [2.75, 3.05) is 13.2 Å². The number of allylic oxidation sites excluding steroid dienone is 5. The summed E-state index contributed by atoms with van der Waals surface area (Å²) >= 11 is 0. The van der Waals surface area contributed by atoms with Crippen LogP contribution in [-0.4, -0.2) is 47.4 Å². The smallest absolute Gasteiger partial charge is 0.305 e. The highest BCUT2D eigenvalue weighted by atomic mass is 16.5. The molecule has 0 aliphatic carbocycles. The Labute approximate surface area is 525 Å². The van der Waals surface area contributed by atoms with Crippen molar-refractivity contribution < 1.29 is 24.5 Å². The third kappa shape index (κ3) is 69.2. The maximum atomic E-state index is 12.5. The number of aliphatic hydroxyl groups is 2. The number of aliphatic hydroxyl groups excluding tert-OH is 2. The number of hydrogen-bond donors (Lipinski definition) is 3. The van der Waals surface area contributed by atoms with E-state index in [1.54, 1.807) is 6.08 Å². The second-order valence-electron chi connectivity index (χ2n) is 26.3. The summed E-state index contributed by atoms with van der Waals surface area (Å²) < 4.78 is 5.50. The molecule has 0 saturated carbocycles. The van der Waals surface area contributed by atoms with Gasteiger partial charge in [-0.15, -0.1) is 0 Å². The number of hydrogen-bond acceptors (Lipinski definition) is 5. The Kier molecular flexibility index (Phi) is 71.9. The lowest BCUT2D eigenvalue weighted by molar-refractivity contribution is -0.143. The van der Waals surface area contributed by atoms with E-state index in [-0.39, 0.29) is 18.5 Å². The normalized spacial score (nSPS) is 12.7. The lowest BCUT2D eigenvalue weighted by Gasteiger charge is -2.20. The van der Waals surface area contributed by atoms with Gasteiger partial charge in [0.05, 0.1) is 25.4 Å². The zero-order valence-corrected chi connectivity index (χ0v) is 56.9. The second-order valence-corrected chi connectivity index (χ2v) is 26.3. The third-order valence-corrected chi connectivity index (χ3v) is 17.9. The average molecular weight is 1180 g/mol. The maximum Gasteiger partial charge on any atom is 0.305 e. The molecule has 0 rings (SSSR count). The molecular formula is C78H149NO5. The summed E-state index contributed by atoms with van der Waals surface area (Å²) in [5.74, 6) is -0.0562. The van der Waals surface area contributed by atoms with Gasteiger partial charge in [-0.25, -0.2) is 0 Å². The van der Waals surface area contributed by atoms with Crippen molar-refractivity contribution in [2.24, 2.45) is 0 Å². The topological polar surface area (TPSA) is 95.9 Å². The quantitative estimate of drug-likeness (QED) is 0.0320. The molecule has 0 saturated heterocycles. The van der Waals surface area contributed by atoms with Gasteiger partial charge in [0.1, 0.15) is 0 Å². The number of carbonyl (C=O) groups excluding carboxylic acids is 2. The van der Waals surface area contributed by atoms with Crippen LogP contribution in [0.3, 0.4) is 0 Å². The largest absolute Gasteiger partial charge is 0.466 e. The Balaban J connectivity index is 3.41. The van der Waals surface area contributed by atoms with Gasteiger partial charge in [0.25, 0.3) is 0 Å². The minimum absolute atomic E-state index is 0.00809. The summed E-state index contributed by atoms with van der Waals surface area (Å²) in [7, 11) is 0. The van der Waals surface area contributed by atoms with Crippen LogP contribution in [0.1, 0.15) is 425 Å². The predicted octanol–water partition coefficient (Wildman–Crippen LogP) is 25.0. The van der Waals surface area contributed by atoms with Crippen molar-refractivity contribution in [3.8, 4) is 0 Å². The molecule has 2 unspecified atom stereocenters. The molecule has 0 bridgehead atoms. The summed E-state index contributed by atoms with van der Waals surface area (Å²) in [5, 5.41) is 23.3. The molecule has 0 aromatic carbocycles. The summed E-state index contributed by atoms with van der Waals surface area (Å²) in [6.07, 6.45) is 95.3. The van der Waals surface area contributed by atoms with Gasteiger partial charge in [-0.05, 0) is 83.5 Å². The number of ether oxygens (including phenoxy) is 1. The first kappa shape index (κ1) is 82.1. The molecule has 2 atom stereocenters. The van der Waals surface area contributed by atoms with Crippen LogP contribution in [-0.2, 0) is 14.3 Å². The van der Waals surface area contributed by atoms with Crippen LogP contribution in [0.25, 0.3) is 0 Å². The van der Waals surface area contributed by atoms with E-state index in [9.17, 15) is 19.8 Å². The average Bonchev–Trinajstić information content (AvgIpc) is 3.51. The zero-order valence-electron chi connectivity index (χ0n) is 56.9. The van der Waals surface area contributed by atoms with E-state index in [4.69, 9.17) is 4.74 Å². The summed E-state index contributed by atoms with van der Waals surface area (Å²) in [4.78, 5) is 24.6. The SMILES string of the molecule is CCCCCCCCC/C=C\CCCCCCCC(=O)OCCCCCCCCCCCCCC/C=C\CCCCCCCCCCCCCC(=O)NC(CO)C(O)/C=C/CCCCCCCCCCCCCCCCCCCCCCCC. The molecule has 0 aromatic heterocycles. The molecule has 0 aliphatic rings. The highest BCUT2D eigenvalue weighted by molar-refractivity contribution is 5.76. The number of amides is 1. The third-order valence-electron chi connectivity index (χ3n) is 17.9. The van der Waals surface area contributed by atoms with Crippen molar-refractivity contribution in [1.29, 1.82) is 0 Å². The molecule has 0 heterocycles. The standard InChI is InChI=1S/C78H149NO5/c1-3-5-7-9-11-13-15-17-19-21-22-23-24-30-33-36-39-42-46-50-54-58-62-66-70-76(81)75(74-80)79-77(82)71-67-63-59-55-51-47-43-40-37-34-31-28-26-25-27-29-32-35-38-41-45-49-53-57-61-65-69-73-84-78(83)72-68-64-60-56-52-48-44-20-18-16-14-12-10-8-6-4-2/h20,25-26,44,66,70,75-76,80-81H,3-19,21-24,27-43,45-65,67-69,71-74H2,1-2H3,(H,79,82)/b26-25-,44-20-,70-66+. The lowest BCUT2D eigenvalue weighted by atomic mass is 10.0. The Bertz CT molecular complexity index is 1360. The highest BCUT2D eigenvalue weighted by Crippen LogP contribution is 2.19. The van der Waals surface area contributed by atoms with Gasteiger partial charge in [0, 0.05) is 12.8 Å². The Morgan fingerprint density at radius 2 is 0.560 bits per heavy atom. The Hall–Kier alpha value is -1.92. The van der Waals surface area contributed by atoms with Crippen LogP contribution < -0.4 is 5.32 Å². The van der Waals surface area contributed by atoms with Crippen LogP contribution >= 0.6 is 0 Å². The van der Waals surface area contributed by atoms with Crippen molar-refractivity contribution in [1.82, 2.24) is 5.32 Å². The molecular weight excluding hydrogens is 1030 g/mol. The van der Waals surface area contributed by atoms with Crippen LogP contribution in [0.15, 0.2) is 36.5 Å². The van der Waals surface area contributed by atoms with E-state index in [1.807, 2.05) is 6.08 Å². The zero-order chi connectivity index (χ0) is 60.6. The minimum atomic E-state index is -0.847. The van der Waals surface area contributed by atoms with Crippen LogP contribution in [0.2, 0.25) is 0 Å². The molecule has 0 aromatic rings. The summed E-state index contributed by atoms with van der Waals surface area (Å²) in [6.45, 7) is 4.94. The first-order valence-corrected chi connectivity index (χ1v) is 38.3. The predicted molar refractivity (Wildman–Crippen MR) is 370 cm³/mol. The molecule has 0 spiro atoms. The molecule has 1 amide bonds. The number of rotatable bonds is 72. The van der Waals surface area contributed by atoms with Gasteiger partial charge in [0.15, 0.2) is 0 Å². The monoisotopic (exact) mass is 1180 g/mol. The van der Waals surface area contributed by atoms with E-state index in [1.165, 1.54) is 353 Å². The highest BCUT2D eigenvalue weighted by Gasteiger charge is 2.18. The number of nitrogens with one attached hydrogen (secondary N) is 1. The second kappa shape index (κ2) is 73.5. The summed E-state index contributed by atoms with van der Waals surface area (Å²) in [6, 6.07) is -0.630. The molecule has 0 fully saturated rings. The van der Waals surface area contributed by atoms with Crippen molar-refractivity contribution in [2.45, 2.75) is 437 Å². The van der Waals surface area contributed by atoms with E-state index < -0.39 is 12.1 Å². The van der Waals surface area contributed by atoms with Gasteiger partial charge in [-0.1, -0.05) is 365 Å². The molecule has 0 aliphatic heterocycles. The number of carbonyl (C=O) groups is 2. The molecule has 3 N–H and O–H groups in total. The van der Waals surface area contributed by atoms with E-state index >= 15 is 0 Å². The van der Waals surface area contributed by atoms with Gasteiger partial charge < -0.3 is 20.3 Å². The molecule has 6 heteroatoms. The maximum absolute atomic E-state index is 12.5. The first-order valence-electron chi connectivity index (χ1n) is 38.3. The molecule has 496 valence electrons. The van der Waals surface area contributed by atoms with Crippen LogP contribution in [0.4, 0.5) is 0 Å². The Morgan fingerprint density at radius 3 is 0.845 bits per heavy atom. The van der Waals surface area contributed by atoms with Crippen LogP contribution in [0.5, 0.6) is 0 Å². The fraction of sp³-hybridized carbons (Fsp3) is 0.897. The molecule has 0 radical (unpaired) electrons.